The zero-order valence-electron chi connectivity index (χ0n) is 10.5. The summed E-state index contributed by atoms with van der Waals surface area (Å²) in [5.41, 5.74) is 9.16. The standard InChI is InChI=1S/C13H16ClN3S/c1-9-12(7-15)13(17(2)16-9)18-8-10-3-5-11(14)6-4-10/h3-6H,7-8,15H2,1-2H3. The molecular formula is C13H16ClN3S. The van der Waals surface area contributed by atoms with Crippen molar-refractivity contribution in [3.8, 4) is 0 Å². The van der Waals surface area contributed by atoms with Gasteiger partial charge in [-0.2, -0.15) is 5.10 Å². The van der Waals surface area contributed by atoms with Gasteiger partial charge in [-0.15, -0.1) is 11.8 Å². The van der Waals surface area contributed by atoms with Crippen molar-refractivity contribution in [3.63, 3.8) is 0 Å². The molecule has 0 atom stereocenters. The number of aromatic nitrogens is 2. The van der Waals surface area contributed by atoms with Gasteiger partial charge in [0.05, 0.1) is 10.7 Å². The third-order valence-corrected chi connectivity index (χ3v) is 4.30. The first kappa shape index (κ1) is 13.5. The van der Waals surface area contributed by atoms with Gasteiger partial charge in [-0.05, 0) is 24.6 Å². The third kappa shape index (κ3) is 2.88. The van der Waals surface area contributed by atoms with Crippen molar-refractivity contribution < 1.29 is 0 Å². The van der Waals surface area contributed by atoms with E-state index in [1.165, 1.54) is 5.56 Å². The predicted octanol–water partition coefficient (Wildman–Crippen LogP) is 3.13. The summed E-state index contributed by atoms with van der Waals surface area (Å²) in [6.45, 7) is 2.52. The number of benzene rings is 1. The topological polar surface area (TPSA) is 43.8 Å². The summed E-state index contributed by atoms with van der Waals surface area (Å²) >= 11 is 7.62. The fraction of sp³-hybridized carbons (Fsp3) is 0.308. The van der Waals surface area contributed by atoms with Crippen LogP contribution in [0.3, 0.4) is 0 Å². The van der Waals surface area contributed by atoms with E-state index in [2.05, 4.69) is 5.10 Å². The molecule has 0 amide bonds. The minimum atomic E-state index is 0.530. The molecule has 0 aliphatic carbocycles. The van der Waals surface area contributed by atoms with Crippen LogP contribution in [0.4, 0.5) is 0 Å². The maximum atomic E-state index is 5.87. The summed E-state index contributed by atoms with van der Waals surface area (Å²) in [6, 6.07) is 7.91. The first-order valence-corrected chi connectivity index (χ1v) is 7.08. The Balaban J connectivity index is 2.12. The fourth-order valence-electron chi connectivity index (χ4n) is 1.83. The average molecular weight is 282 g/mol. The van der Waals surface area contributed by atoms with Crippen molar-refractivity contribution in [3.05, 3.63) is 46.1 Å². The summed E-state index contributed by atoms with van der Waals surface area (Å²) in [5.74, 6) is 0.892. The van der Waals surface area contributed by atoms with Gasteiger partial charge >= 0.3 is 0 Å². The van der Waals surface area contributed by atoms with Gasteiger partial charge in [-0.1, -0.05) is 23.7 Å². The van der Waals surface area contributed by atoms with Crippen LogP contribution >= 0.6 is 23.4 Å². The van der Waals surface area contributed by atoms with E-state index < -0.39 is 0 Å². The highest BCUT2D eigenvalue weighted by atomic mass is 35.5. The molecule has 0 radical (unpaired) electrons. The Hall–Kier alpha value is -0.970. The minimum absolute atomic E-state index is 0.530. The zero-order valence-corrected chi connectivity index (χ0v) is 12.1. The fourth-order valence-corrected chi connectivity index (χ4v) is 3.08. The van der Waals surface area contributed by atoms with Gasteiger partial charge in [0.15, 0.2) is 0 Å². The van der Waals surface area contributed by atoms with Crippen molar-refractivity contribution >= 4 is 23.4 Å². The third-order valence-electron chi connectivity index (χ3n) is 2.78. The molecule has 96 valence electrons. The van der Waals surface area contributed by atoms with Crippen LogP contribution in [-0.4, -0.2) is 9.78 Å². The number of halogens is 1. The number of nitrogens with two attached hydrogens (primary N) is 1. The van der Waals surface area contributed by atoms with E-state index in [-0.39, 0.29) is 0 Å². The van der Waals surface area contributed by atoms with E-state index in [9.17, 15) is 0 Å². The molecule has 0 spiro atoms. The Morgan fingerprint density at radius 3 is 2.61 bits per heavy atom. The van der Waals surface area contributed by atoms with Gasteiger partial charge in [-0.3, -0.25) is 4.68 Å². The van der Waals surface area contributed by atoms with Crippen LogP contribution in [0.2, 0.25) is 5.02 Å². The minimum Gasteiger partial charge on any atom is -0.326 e. The zero-order chi connectivity index (χ0) is 13.1. The van der Waals surface area contributed by atoms with Crippen molar-refractivity contribution in [2.45, 2.75) is 24.2 Å². The Bertz CT molecular complexity index is 534. The molecule has 0 unspecified atom stereocenters. The molecule has 0 saturated heterocycles. The lowest BCUT2D eigenvalue weighted by atomic mass is 10.2. The predicted molar refractivity (Wildman–Crippen MR) is 76.8 cm³/mol. The van der Waals surface area contributed by atoms with Crippen LogP contribution in [0, 0.1) is 6.92 Å². The summed E-state index contributed by atoms with van der Waals surface area (Å²) in [5, 5.41) is 6.31. The molecule has 0 saturated carbocycles. The molecule has 0 fully saturated rings. The Morgan fingerprint density at radius 2 is 2.00 bits per heavy atom. The molecule has 2 N–H and O–H groups in total. The maximum Gasteiger partial charge on any atom is 0.0987 e. The van der Waals surface area contributed by atoms with Gasteiger partial charge in [0, 0.05) is 29.9 Å². The first-order chi connectivity index (χ1) is 8.61. The van der Waals surface area contributed by atoms with Gasteiger partial charge in [0.2, 0.25) is 0 Å². The van der Waals surface area contributed by atoms with Crippen LogP contribution in [0.15, 0.2) is 29.3 Å². The number of aryl methyl sites for hydroxylation is 2. The number of rotatable bonds is 4. The van der Waals surface area contributed by atoms with E-state index in [4.69, 9.17) is 17.3 Å². The van der Waals surface area contributed by atoms with Crippen LogP contribution in [0.1, 0.15) is 16.8 Å². The Labute approximate surface area is 116 Å². The molecule has 0 bridgehead atoms. The highest BCUT2D eigenvalue weighted by Crippen LogP contribution is 2.27. The van der Waals surface area contributed by atoms with E-state index in [1.54, 1.807) is 11.8 Å². The van der Waals surface area contributed by atoms with Crippen molar-refractivity contribution in [1.82, 2.24) is 9.78 Å². The normalized spacial score (nSPS) is 10.9. The van der Waals surface area contributed by atoms with Crippen LogP contribution < -0.4 is 5.73 Å². The Morgan fingerprint density at radius 1 is 1.33 bits per heavy atom. The van der Waals surface area contributed by atoms with E-state index in [0.29, 0.717) is 6.54 Å². The second kappa shape index (κ2) is 5.78. The van der Waals surface area contributed by atoms with Crippen molar-refractivity contribution in [1.29, 1.82) is 0 Å². The van der Waals surface area contributed by atoms with Crippen LogP contribution in [0.25, 0.3) is 0 Å². The quantitative estimate of drug-likeness (QED) is 0.876. The summed E-state index contributed by atoms with van der Waals surface area (Å²) in [6.07, 6.45) is 0. The molecule has 3 nitrogen and oxygen atoms in total. The Kier molecular flexibility index (Phi) is 4.32. The van der Waals surface area contributed by atoms with Gasteiger partial charge in [-0.25, -0.2) is 0 Å². The summed E-state index contributed by atoms with van der Waals surface area (Å²) in [7, 11) is 1.95. The molecule has 0 aliphatic heterocycles. The highest BCUT2D eigenvalue weighted by Gasteiger charge is 2.12. The molecule has 2 rings (SSSR count). The van der Waals surface area contributed by atoms with E-state index in [1.807, 2.05) is 42.9 Å². The summed E-state index contributed by atoms with van der Waals surface area (Å²) < 4.78 is 1.90. The molecule has 0 aliphatic rings. The largest absolute Gasteiger partial charge is 0.326 e. The van der Waals surface area contributed by atoms with Crippen molar-refractivity contribution in [2.24, 2.45) is 12.8 Å². The highest BCUT2D eigenvalue weighted by molar-refractivity contribution is 7.98. The molecular weight excluding hydrogens is 266 g/mol. The molecule has 1 aromatic heterocycles. The van der Waals surface area contributed by atoms with Gasteiger partial charge in [0.25, 0.3) is 0 Å². The molecule has 2 aromatic rings. The maximum absolute atomic E-state index is 5.87. The smallest absolute Gasteiger partial charge is 0.0987 e. The molecule has 1 heterocycles. The lowest BCUT2D eigenvalue weighted by Crippen LogP contribution is -2.00. The SMILES string of the molecule is Cc1nn(C)c(SCc2ccc(Cl)cc2)c1CN. The monoisotopic (exact) mass is 281 g/mol. The number of nitrogens with zero attached hydrogens (tertiary/aromatic N) is 2. The lowest BCUT2D eigenvalue weighted by Gasteiger charge is -2.05. The molecule has 1 aromatic carbocycles. The average Bonchev–Trinajstić information content (AvgIpc) is 2.62. The number of hydrogen-bond donors (Lipinski definition) is 1. The summed E-state index contributed by atoms with van der Waals surface area (Å²) in [4.78, 5) is 0. The van der Waals surface area contributed by atoms with Crippen molar-refractivity contribution in [2.75, 3.05) is 0 Å². The van der Waals surface area contributed by atoms with Gasteiger partial charge < -0.3 is 5.73 Å². The molecule has 18 heavy (non-hydrogen) atoms. The van der Waals surface area contributed by atoms with Crippen LogP contribution in [0.5, 0.6) is 0 Å². The lowest BCUT2D eigenvalue weighted by molar-refractivity contribution is 0.688. The second-order valence-electron chi connectivity index (χ2n) is 4.11. The van der Waals surface area contributed by atoms with E-state index in [0.717, 1.165) is 27.1 Å². The van der Waals surface area contributed by atoms with Crippen LogP contribution in [-0.2, 0) is 19.3 Å². The molecule has 5 heteroatoms. The first-order valence-electron chi connectivity index (χ1n) is 5.71. The second-order valence-corrected chi connectivity index (χ2v) is 5.51. The number of hydrogen-bond acceptors (Lipinski definition) is 3. The van der Waals surface area contributed by atoms with E-state index >= 15 is 0 Å². The van der Waals surface area contributed by atoms with Gasteiger partial charge in [0.1, 0.15) is 0 Å². The number of thioether (sulfide) groups is 1.